The van der Waals surface area contributed by atoms with Gasteiger partial charge in [0.15, 0.2) is 11.5 Å². The number of H-pyrrole nitrogens is 1. The lowest BCUT2D eigenvalue weighted by Gasteiger charge is -2.25. The van der Waals surface area contributed by atoms with Crippen LogP contribution in [-0.2, 0) is 6.61 Å². The lowest BCUT2D eigenvalue weighted by molar-refractivity contribution is 0.284. The highest BCUT2D eigenvalue weighted by Crippen LogP contribution is 2.47. The minimum Gasteiger partial charge on any atom is -0.493 e. The molecule has 1 atom stereocenters. The van der Waals surface area contributed by atoms with Gasteiger partial charge in [-0.05, 0) is 42.3 Å². The van der Waals surface area contributed by atoms with Crippen molar-refractivity contribution < 1.29 is 18.6 Å². The van der Waals surface area contributed by atoms with Gasteiger partial charge in [-0.15, -0.1) is 5.10 Å². The van der Waals surface area contributed by atoms with Crippen LogP contribution in [0.3, 0.4) is 0 Å². The number of aryl methyl sites for hydroxylation is 1. The predicted octanol–water partition coefficient (Wildman–Crippen LogP) is 5.33. The van der Waals surface area contributed by atoms with Crippen LogP contribution in [0, 0.1) is 24.1 Å². The number of nitriles is 1. The number of nitrogens with zero attached hydrogens (tertiary/aromatic N) is 2. The Balaban J connectivity index is 1.54. The molecule has 0 bridgehead atoms. The first-order chi connectivity index (χ1) is 17.5. The largest absolute Gasteiger partial charge is 0.493 e. The lowest BCUT2D eigenvalue weighted by Crippen LogP contribution is -2.21. The number of ether oxygens (including phenoxy) is 3. The van der Waals surface area contributed by atoms with E-state index in [1.54, 1.807) is 25.3 Å². The molecule has 1 aromatic heterocycles. The molecule has 180 valence electrons. The Labute approximate surface area is 207 Å². The van der Waals surface area contributed by atoms with Crippen molar-refractivity contribution in [2.75, 3.05) is 7.11 Å². The number of nitrogens with two attached hydrogens (primary N) is 1. The summed E-state index contributed by atoms with van der Waals surface area (Å²) in [6.07, 6.45) is 0. The Bertz CT molecular complexity index is 1480. The van der Waals surface area contributed by atoms with Crippen molar-refractivity contribution in [2.24, 2.45) is 5.73 Å². The molecule has 2 heterocycles. The minimum absolute atomic E-state index is 0.00700. The number of hydrogen-bond acceptors (Lipinski definition) is 6. The maximum Gasteiger partial charge on any atom is 0.244 e. The van der Waals surface area contributed by atoms with E-state index in [1.165, 1.54) is 12.1 Å². The molecule has 3 aromatic carbocycles. The van der Waals surface area contributed by atoms with Crippen molar-refractivity contribution >= 4 is 0 Å². The van der Waals surface area contributed by atoms with Crippen molar-refractivity contribution in [1.29, 1.82) is 5.26 Å². The Morgan fingerprint density at radius 2 is 1.83 bits per heavy atom. The number of aromatic amines is 1. The van der Waals surface area contributed by atoms with E-state index in [0.29, 0.717) is 22.9 Å². The summed E-state index contributed by atoms with van der Waals surface area (Å²) < 4.78 is 30.4. The van der Waals surface area contributed by atoms with Crippen molar-refractivity contribution in [3.05, 3.63) is 106 Å². The van der Waals surface area contributed by atoms with Crippen LogP contribution in [0.25, 0.3) is 11.3 Å². The Morgan fingerprint density at radius 3 is 2.53 bits per heavy atom. The molecule has 3 N–H and O–H groups in total. The van der Waals surface area contributed by atoms with Crippen molar-refractivity contribution in [3.63, 3.8) is 0 Å². The monoisotopic (exact) mass is 482 g/mol. The van der Waals surface area contributed by atoms with E-state index < -0.39 is 5.92 Å². The first-order valence-corrected chi connectivity index (χ1v) is 11.3. The normalized spacial score (nSPS) is 14.6. The van der Waals surface area contributed by atoms with Gasteiger partial charge in [0.05, 0.1) is 24.3 Å². The van der Waals surface area contributed by atoms with E-state index in [4.69, 9.17) is 19.9 Å². The number of nitrogens with one attached hydrogen (secondary N) is 1. The van der Waals surface area contributed by atoms with Gasteiger partial charge in [-0.1, -0.05) is 48.0 Å². The number of aromatic nitrogens is 2. The topological polar surface area (TPSA) is 106 Å². The summed E-state index contributed by atoms with van der Waals surface area (Å²) in [5.74, 6) is 0.489. The zero-order valence-electron chi connectivity index (χ0n) is 19.7. The molecule has 0 radical (unpaired) electrons. The summed E-state index contributed by atoms with van der Waals surface area (Å²) in [4.78, 5) is 0. The molecule has 4 aromatic rings. The van der Waals surface area contributed by atoms with E-state index in [0.717, 1.165) is 27.9 Å². The van der Waals surface area contributed by atoms with Gasteiger partial charge in [0.1, 0.15) is 24.1 Å². The molecule has 0 saturated heterocycles. The maximum atomic E-state index is 13.2. The molecule has 0 saturated carbocycles. The van der Waals surface area contributed by atoms with Crippen LogP contribution in [-0.4, -0.2) is 17.3 Å². The smallest absolute Gasteiger partial charge is 0.244 e. The van der Waals surface area contributed by atoms with Gasteiger partial charge in [-0.3, -0.25) is 5.10 Å². The third kappa shape index (κ3) is 4.23. The van der Waals surface area contributed by atoms with Crippen LogP contribution >= 0.6 is 0 Å². The highest BCUT2D eigenvalue weighted by atomic mass is 19.1. The van der Waals surface area contributed by atoms with Gasteiger partial charge in [0, 0.05) is 5.56 Å². The number of methoxy groups -OCH3 is 1. The number of allylic oxidation sites excluding steroid dienone is 1. The molecule has 8 heteroatoms. The quantitative estimate of drug-likeness (QED) is 0.385. The van der Waals surface area contributed by atoms with Gasteiger partial charge in [0.2, 0.25) is 11.8 Å². The molecular formula is C28H23FN4O3. The van der Waals surface area contributed by atoms with Crippen LogP contribution in [0.1, 0.15) is 28.2 Å². The average molecular weight is 483 g/mol. The van der Waals surface area contributed by atoms with Crippen LogP contribution in [0.4, 0.5) is 4.39 Å². The van der Waals surface area contributed by atoms with Crippen molar-refractivity contribution in [1.82, 2.24) is 10.2 Å². The second-order valence-electron chi connectivity index (χ2n) is 8.43. The second-order valence-corrected chi connectivity index (χ2v) is 8.43. The Morgan fingerprint density at radius 1 is 1.08 bits per heavy atom. The summed E-state index contributed by atoms with van der Waals surface area (Å²) in [5.41, 5.74) is 11.5. The SMILES string of the molecule is COc1cc(C2C(C#N)=C(N)Oc3n[nH]c(-c4ccc(C)cc4)c32)ccc1OCc1ccc(F)cc1. The van der Waals surface area contributed by atoms with Crippen LogP contribution < -0.4 is 19.9 Å². The van der Waals surface area contributed by atoms with Crippen LogP contribution in [0.2, 0.25) is 0 Å². The fourth-order valence-electron chi connectivity index (χ4n) is 4.24. The lowest BCUT2D eigenvalue weighted by atomic mass is 9.83. The summed E-state index contributed by atoms with van der Waals surface area (Å²) in [6.45, 7) is 2.26. The van der Waals surface area contributed by atoms with Crippen molar-refractivity contribution in [2.45, 2.75) is 19.4 Å². The highest BCUT2D eigenvalue weighted by Gasteiger charge is 2.36. The molecule has 1 unspecified atom stereocenters. The maximum absolute atomic E-state index is 13.2. The molecule has 0 aliphatic carbocycles. The summed E-state index contributed by atoms with van der Waals surface area (Å²) in [5, 5.41) is 17.4. The molecule has 0 amide bonds. The molecule has 0 fully saturated rings. The van der Waals surface area contributed by atoms with Gasteiger partial charge >= 0.3 is 0 Å². The standard InChI is InChI=1S/C28H23FN4O3/c1-16-3-7-18(8-4-16)26-25-24(21(14-30)27(31)36-28(25)33-32-26)19-9-12-22(23(13-19)34-2)35-15-17-5-10-20(29)11-6-17/h3-13,24H,15,31H2,1-2H3,(H,32,33). The fourth-order valence-corrected chi connectivity index (χ4v) is 4.24. The van der Waals surface area contributed by atoms with Gasteiger partial charge < -0.3 is 19.9 Å². The number of hydrogen-bond donors (Lipinski definition) is 2. The average Bonchev–Trinajstić information content (AvgIpc) is 3.31. The van der Waals surface area contributed by atoms with Crippen LogP contribution in [0.15, 0.2) is 78.2 Å². The zero-order chi connectivity index (χ0) is 25.2. The number of benzene rings is 3. The molecule has 0 spiro atoms. The van der Waals surface area contributed by atoms with E-state index in [-0.39, 0.29) is 23.9 Å². The number of halogens is 1. The van der Waals surface area contributed by atoms with E-state index >= 15 is 0 Å². The Kier molecular flexibility index (Phi) is 6.05. The predicted molar refractivity (Wildman–Crippen MR) is 132 cm³/mol. The molecule has 1 aliphatic heterocycles. The van der Waals surface area contributed by atoms with E-state index in [9.17, 15) is 9.65 Å². The third-order valence-corrected chi connectivity index (χ3v) is 6.11. The van der Waals surface area contributed by atoms with Gasteiger partial charge in [-0.25, -0.2) is 4.39 Å². The third-order valence-electron chi connectivity index (χ3n) is 6.11. The zero-order valence-corrected chi connectivity index (χ0v) is 19.7. The first kappa shape index (κ1) is 23.0. The van der Waals surface area contributed by atoms with Crippen LogP contribution in [0.5, 0.6) is 17.4 Å². The number of fused-ring (bicyclic) bond motifs is 1. The molecule has 5 rings (SSSR count). The molecular weight excluding hydrogens is 459 g/mol. The van der Waals surface area contributed by atoms with Gasteiger partial charge in [-0.2, -0.15) is 5.26 Å². The Hall–Kier alpha value is -4.77. The molecule has 1 aliphatic rings. The number of rotatable bonds is 6. The second kappa shape index (κ2) is 9.47. The summed E-state index contributed by atoms with van der Waals surface area (Å²) in [6, 6.07) is 21.8. The van der Waals surface area contributed by atoms with E-state index in [1.807, 2.05) is 43.3 Å². The molecule has 7 nitrogen and oxygen atoms in total. The summed E-state index contributed by atoms with van der Waals surface area (Å²) >= 11 is 0. The van der Waals surface area contributed by atoms with Gasteiger partial charge in [0.25, 0.3) is 0 Å². The fraction of sp³-hybridized carbons (Fsp3) is 0.143. The highest BCUT2D eigenvalue weighted by molar-refractivity contribution is 5.71. The van der Waals surface area contributed by atoms with E-state index in [2.05, 4.69) is 16.3 Å². The summed E-state index contributed by atoms with van der Waals surface area (Å²) in [7, 11) is 1.55. The first-order valence-electron chi connectivity index (χ1n) is 11.3. The molecule has 36 heavy (non-hydrogen) atoms. The minimum atomic E-state index is -0.533. The van der Waals surface area contributed by atoms with Crippen molar-refractivity contribution in [3.8, 4) is 34.7 Å².